The molecule has 2 nitrogen and oxygen atoms in total. The van der Waals surface area contributed by atoms with E-state index in [-0.39, 0.29) is 0 Å². The van der Waals surface area contributed by atoms with E-state index in [4.69, 9.17) is 4.98 Å². The summed E-state index contributed by atoms with van der Waals surface area (Å²) in [6.45, 7) is 3.44. The second-order valence-corrected chi connectivity index (χ2v) is 6.62. The summed E-state index contributed by atoms with van der Waals surface area (Å²) in [6, 6.07) is 5.15. The molecule has 1 N–H and O–H groups in total. The number of rotatable bonds is 4. The van der Waals surface area contributed by atoms with E-state index in [9.17, 15) is 0 Å². The van der Waals surface area contributed by atoms with Gasteiger partial charge in [-0.3, -0.25) is 4.98 Å². The van der Waals surface area contributed by atoms with Crippen LogP contribution in [-0.4, -0.2) is 17.6 Å². The van der Waals surface area contributed by atoms with Crippen LogP contribution >= 0.6 is 0 Å². The lowest BCUT2D eigenvalue weighted by Crippen LogP contribution is -2.36. The van der Waals surface area contributed by atoms with Gasteiger partial charge in [-0.1, -0.05) is 19.4 Å². The minimum Gasteiger partial charge on any atom is -0.314 e. The minimum absolute atomic E-state index is 0.728. The van der Waals surface area contributed by atoms with Crippen LogP contribution in [0, 0.1) is 5.92 Å². The maximum absolute atomic E-state index is 4.74. The Bertz CT molecular complexity index is 429. The summed E-state index contributed by atoms with van der Waals surface area (Å²) >= 11 is 0. The van der Waals surface area contributed by atoms with Gasteiger partial charge in [-0.05, 0) is 69.0 Å². The van der Waals surface area contributed by atoms with Gasteiger partial charge in [0.25, 0.3) is 0 Å². The number of nitrogens with one attached hydrogen (secondary N) is 1. The summed E-state index contributed by atoms with van der Waals surface area (Å²) < 4.78 is 0. The molecule has 110 valence electrons. The third-order valence-electron chi connectivity index (χ3n) is 5.21. The molecule has 2 aliphatic rings. The second kappa shape index (κ2) is 6.71. The smallest absolute Gasteiger partial charge is 0.0469 e. The van der Waals surface area contributed by atoms with Crippen LogP contribution < -0.4 is 5.32 Å². The molecular weight excluding hydrogens is 244 g/mol. The highest BCUT2D eigenvalue weighted by molar-refractivity contribution is 5.26. The number of hydrogen-bond acceptors (Lipinski definition) is 2. The molecule has 1 saturated carbocycles. The summed E-state index contributed by atoms with van der Waals surface area (Å²) in [7, 11) is 0. The number of aryl methyl sites for hydroxylation is 1. The van der Waals surface area contributed by atoms with E-state index >= 15 is 0 Å². The van der Waals surface area contributed by atoms with Gasteiger partial charge < -0.3 is 5.32 Å². The zero-order chi connectivity index (χ0) is 13.8. The van der Waals surface area contributed by atoms with Crippen LogP contribution in [-0.2, 0) is 6.42 Å². The number of pyridine rings is 1. The van der Waals surface area contributed by atoms with E-state index < -0.39 is 0 Å². The van der Waals surface area contributed by atoms with Gasteiger partial charge >= 0.3 is 0 Å². The van der Waals surface area contributed by atoms with Crippen LogP contribution in [0.4, 0.5) is 0 Å². The molecule has 0 amide bonds. The van der Waals surface area contributed by atoms with E-state index in [1.807, 2.05) is 6.20 Å². The summed E-state index contributed by atoms with van der Waals surface area (Å²) in [6.07, 6.45) is 12.7. The van der Waals surface area contributed by atoms with Crippen molar-refractivity contribution in [3.8, 4) is 0 Å². The van der Waals surface area contributed by atoms with Crippen molar-refractivity contribution in [1.82, 2.24) is 10.3 Å². The van der Waals surface area contributed by atoms with Crippen LogP contribution in [0.1, 0.15) is 69.0 Å². The molecule has 20 heavy (non-hydrogen) atoms. The van der Waals surface area contributed by atoms with Crippen LogP contribution in [0.3, 0.4) is 0 Å². The minimum atomic E-state index is 0.728. The van der Waals surface area contributed by atoms with Gasteiger partial charge in [0.1, 0.15) is 0 Å². The van der Waals surface area contributed by atoms with Crippen molar-refractivity contribution < 1.29 is 0 Å². The van der Waals surface area contributed by atoms with Gasteiger partial charge in [0, 0.05) is 23.9 Å². The Morgan fingerprint density at radius 1 is 1.25 bits per heavy atom. The van der Waals surface area contributed by atoms with Crippen molar-refractivity contribution in [2.24, 2.45) is 5.92 Å². The fourth-order valence-corrected chi connectivity index (χ4v) is 4.23. The van der Waals surface area contributed by atoms with Gasteiger partial charge in [0.05, 0.1) is 0 Å². The highest BCUT2D eigenvalue weighted by Gasteiger charge is 2.32. The molecule has 3 unspecified atom stereocenters. The number of aromatic nitrogens is 1. The standard InChI is InChI=1S/C18H28N2/c1-2-11-19-16-9-3-7-15(13-16)17-10-4-6-14-8-5-12-20-18(14)17/h5,8,12,15-17,19H,2-4,6-7,9-11,13H2,1H3. The molecule has 0 aliphatic heterocycles. The Morgan fingerprint density at radius 3 is 3.10 bits per heavy atom. The molecule has 1 fully saturated rings. The first-order valence-corrected chi connectivity index (χ1v) is 8.55. The molecule has 3 rings (SSSR count). The van der Waals surface area contributed by atoms with Gasteiger partial charge in [-0.25, -0.2) is 0 Å². The number of fused-ring (bicyclic) bond motifs is 1. The largest absolute Gasteiger partial charge is 0.314 e. The zero-order valence-electron chi connectivity index (χ0n) is 12.8. The van der Waals surface area contributed by atoms with E-state index in [1.54, 1.807) is 0 Å². The predicted octanol–water partition coefficient (Wildman–Crippen LogP) is 4.06. The Morgan fingerprint density at radius 2 is 2.20 bits per heavy atom. The van der Waals surface area contributed by atoms with Gasteiger partial charge in [-0.2, -0.15) is 0 Å². The summed E-state index contributed by atoms with van der Waals surface area (Å²) in [4.78, 5) is 4.74. The Labute approximate surface area is 123 Å². The third kappa shape index (κ3) is 3.06. The maximum Gasteiger partial charge on any atom is 0.0469 e. The highest BCUT2D eigenvalue weighted by atomic mass is 14.9. The molecule has 1 aromatic rings. The lowest BCUT2D eigenvalue weighted by molar-refractivity contribution is 0.235. The first-order chi connectivity index (χ1) is 9.88. The van der Waals surface area contributed by atoms with Crippen LogP contribution in [0.25, 0.3) is 0 Å². The monoisotopic (exact) mass is 272 g/mol. The Hall–Kier alpha value is -0.890. The van der Waals surface area contributed by atoms with Crippen LogP contribution in [0.15, 0.2) is 18.3 Å². The SMILES string of the molecule is CCCNC1CCCC(C2CCCc3cccnc32)C1. The van der Waals surface area contributed by atoms with Gasteiger partial charge in [0.2, 0.25) is 0 Å². The molecule has 0 bridgehead atoms. The first-order valence-electron chi connectivity index (χ1n) is 8.55. The van der Waals surface area contributed by atoms with E-state index in [0.29, 0.717) is 0 Å². The van der Waals surface area contributed by atoms with E-state index in [2.05, 4.69) is 24.4 Å². The van der Waals surface area contributed by atoms with Crippen molar-refractivity contribution in [1.29, 1.82) is 0 Å². The Balaban J connectivity index is 1.70. The molecule has 0 spiro atoms. The fraction of sp³-hybridized carbons (Fsp3) is 0.722. The molecule has 3 atom stereocenters. The molecule has 1 heterocycles. The lowest BCUT2D eigenvalue weighted by Gasteiger charge is -2.37. The van der Waals surface area contributed by atoms with Crippen LogP contribution in [0.2, 0.25) is 0 Å². The molecule has 2 aliphatic carbocycles. The van der Waals surface area contributed by atoms with Gasteiger partial charge in [0.15, 0.2) is 0 Å². The topological polar surface area (TPSA) is 24.9 Å². The summed E-state index contributed by atoms with van der Waals surface area (Å²) in [5.41, 5.74) is 2.95. The maximum atomic E-state index is 4.74. The summed E-state index contributed by atoms with van der Waals surface area (Å²) in [5, 5.41) is 3.74. The van der Waals surface area contributed by atoms with Gasteiger partial charge in [-0.15, -0.1) is 0 Å². The van der Waals surface area contributed by atoms with Crippen LogP contribution in [0.5, 0.6) is 0 Å². The molecule has 1 aromatic heterocycles. The highest BCUT2D eigenvalue weighted by Crippen LogP contribution is 2.42. The van der Waals surface area contributed by atoms with Crippen molar-refractivity contribution in [3.63, 3.8) is 0 Å². The average Bonchev–Trinajstić information content (AvgIpc) is 2.52. The predicted molar refractivity (Wildman–Crippen MR) is 84.0 cm³/mol. The second-order valence-electron chi connectivity index (χ2n) is 6.62. The van der Waals surface area contributed by atoms with Crippen molar-refractivity contribution >= 4 is 0 Å². The first kappa shape index (κ1) is 14.1. The molecule has 0 radical (unpaired) electrons. The van der Waals surface area contributed by atoms with Crippen molar-refractivity contribution in [2.75, 3.05) is 6.54 Å². The number of nitrogens with zero attached hydrogens (tertiary/aromatic N) is 1. The molecule has 0 saturated heterocycles. The fourth-order valence-electron chi connectivity index (χ4n) is 4.23. The quantitative estimate of drug-likeness (QED) is 0.894. The van der Waals surface area contributed by atoms with Crippen molar-refractivity contribution in [2.45, 2.75) is 70.3 Å². The summed E-state index contributed by atoms with van der Waals surface area (Å²) in [5.74, 6) is 1.58. The Kier molecular flexibility index (Phi) is 4.72. The zero-order valence-corrected chi connectivity index (χ0v) is 12.8. The lowest BCUT2D eigenvalue weighted by atomic mass is 9.71. The third-order valence-corrected chi connectivity index (χ3v) is 5.21. The van der Waals surface area contributed by atoms with Crippen molar-refractivity contribution in [3.05, 3.63) is 29.6 Å². The van der Waals surface area contributed by atoms with E-state index in [1.165, 1.54) is 69.2 Å². The van der Waals surface area contributed by atoms with E-state index in [0.717, 1.165) is 17.9 Å². The number of hydrogen-bond donors (Lipinski definition) is 1. The normalized spacial score (nSPS) is 29.9. The molecule has 0 aromatic carbocycles. The molecular formula is C18H28N2. The average molecular weight is 272 g/mol. The molecule has 2 heteroatoms.